The summed E-state index contributed by atoms with van der Waals surface area (Å²) in [4.78, 5) is 2.22. The Kier molecular flexibility index (Phi) is 5.16. The second-order valence-electron chi connectivity index (χ2n) is 5.78. The minimum atomic E-state index is -0.492. The first kappa shape index (κ1) is 15.8. The smallest absolute Gasteiger partial charge is 0.161 e. The quantitative estimate of drug-likeness (QED) is 0.890. The Balaban J connectivity index is 1.63. The Morgan fingerprint density at radius 2 is 1.70 bits per heavy atom. The molecule has 1 aliphatic heterocycles. The van der Waals surface area contributed by atoms with Gasteiger partial charge in [-0.1, -0.05) is 42.5 Å². The fourth-order valence-electron chi connectivity index (χ4n) is 2.90. The van der Waals surface area contributed by atoms with Gasteiger partial charge in [0.25, 0.3) is 0 Å². The second-order valence-corrected chi connectivity index (χ2v) is 5.78. The van der Waals surface area contributed by atoms with Crippen LogP contribution < -0.4 is 9.47 Å². The number of para-hydroxylation sites is 2. The Hall–Kier alpha value is -2.04. The van der Waals surface area contributed by atoms with Crippen LogP contribution in [0, 0.1) is 0 Å². The number of benzene rings is 2. The first-order valence-corrected chi connectivity index (χ1v) is 8.09. The zero-order valence-corrected chi connectivity index (χ0v) is 13.4. The number of hydrogen-bond donors (Lipinski definition) is 1. The maximum absolute atomic E-state index is 10.3. The molecule has 23 heavy (non-hydrogen) atoms. The molecule has 0 unspecified atom stereocenters. The molecule has 122 valence electrons. The van der Waals surface area contributed by atoms with Crippen LogP contribution in [0.25, 0.3) is 0 Å². The standard InChI is InChI=1S/C19H23NO3/c1-2-22-17-10-6-7-11-18(17)23-19-14-20(13-16(19)21)12-15-8-4-3-5-9-15/h3-11,16,19,21H,2,12-14H2,1H3/t16-,19-/m1/s1. The van der Waals surface area contributed by atoms with Gasteiger partial charge in [0.15, 0.2) is 11.5 Å². The largest absolute Gasteiger partial charge is 0.490 e. The van der Waals surface area contributed by atoms with Crippen LogP contribution in [0.4, 0.5) is 0 Å². The number of β-amino-alcohol motifs (C(OH)–C–C–N with tert-alkyl or cyclic N) is 1. The number of nitrogens with zero attached hydrogens (tertiary/aromatic N) is 1. The molecule has 4 heteroatoms. The summed E-state index contributed by atoms with van der Waals surface area (Å²) in [6, 6.07) is 17.9. The zero-order valence-electron chi connectivity index (χ0n) is 13.4. The molecule has 1 fully saturated rings. The molecule has 1 N–H and O–H groups in total. The number of rotatable bonds is 6. The summed E-state index contributed by atoms with van der Waals surface area (Å²) < 4.78 is 11.6. The molecule has 2 atom stereocenters. The van der Waals surface area contributed by atoms with Crippen LogP contribution in [-0.4, -0.2) is 41.9 Å². The van der Waals surface area contributed by atoms with Crippen molar-refractivity contribution in [2.45, 2.75) is 25.7 Å². The van der Waals surface area contributed by atoms with E-state index < -0.39 is 6.10 Å². The van der Waals surface area contributed by atoms with Crippen molar-refractivity contribution in [1.29, 1.82) is 0 Å². The van der Waals surface area contributed by atoms with Crippen LogP contribution in [0.3, 0.4) is 0 Å². The van der Waals surface area contributed by atoms with E-state index in [1.807, 2.05) is 49.4 Å². The van der Waals surface area contributed by atoms with E-state index in [1.54, 1.807) is 0 Å². The lowest BCUT2D eigenvalue weighted by Gasteiger charge is -2.19. The second kappa shape index (κ2) is 7.49. The van der Waals surface area contributed by atoms with Crippen molar-refractivity contribution in [3.8, 4) is 11.5 Å². The monoisotopic (exact) mass is 313 g/mol. The number of aliphatic hydroxyl groups excluding tert-OH is 1. The Morgan fingerprint density at radius 3 is 2.43 bits per heavy atom. The third-order valence-corrected chi connectivity index (χ3v) is 3.99. The van der Waals surface area contributed by atoms with E-state index in [9.17, 15) is 5.11 Å². The molecule has 1 heterocycles. The van der Waals surface area contributed by atoms with Crippen LogP contribution in [-0.2, 0) is 6.54 Å². The van der Waals surface area contributed by atoms with Crippen molar-refractivity contribution in [3.05, 3.63) is 60.2 Å². The normalized spacial score (nSPS) is 21.3. The predicted octanol–water partition coefficient (Wildman–Crippen LogP) is 2.71. The topological polar surface area (TPSA) is 41.9 Å². The Bertz CT molecular complexity index is 617. The number of aliphatic hydroxyl groups is 1. The van der Waals surface area contributed by atoms with Gasteiger partial charge in [-0.15, -0.1) is 0 Å². The summed E-state index contributed by atoms with van der Waals surface area (Å²) in [7, 11) is 0. The third-order valence-electron chi connectivity index (χ3n) is 3.99. The fraction of sp³-hybridized carbons (Fsp3) is 0.368. The summed E-state index contributed by atoms with van der Waals surface area (Å²) in [5.74, 6) is 1.42. The molecule has 0 spiro atoms. The van der Waals surface area contributed by atoms with E-state index in [0.717, 1.165) is 12.3 Å². The minimum absolute atomic E-state index is 0.236. The molecule has 2 aromatic carbocycles. The SMILES string of the molecule is CCOc1ccccc1O[C@@H]1CN(Cc2ccccc2)C[C@H]1O. The molecular weight excluding hydrogens is 290 g/mol. The Labute approximate surface area is 137 Å². The Morgan fingerprint density at radius 1 is 1.00 bits per heavy atom. The lowest BCUT2D eigenvalue weighted by Crippen LogP contribution is -2.30. The molecule has 0 amide bonds. The molecule has 0 saturated carbocycles. The van der Waals surface area contributed by atoms with Crippen molar-refractivity contribution < 1.29 is 14.6 Å². The molecule has 4 nitrogen and oxygen atoms in total. The van der Waals surface area contributed by atoms with Crippen LogP contribution in [0.15, 0.2) is 54.6 Å². The fourth-order valence-corrected chi connectivity index (χ4v) is 2.90. The molecule has 1 saturated heterocycles. The third kappa shape index (κ3) is 4.03. The minimum Gasteiger partial charge on any atom is -0.490 e. The van der Waals surface area contributed by atoms with E-state index in [-0.39, 0.29) is 6.10 Å². The lowest BCUT2D eigenvalue weighted by molar-refractivity contribution is 0.0713. The van der Waals surface area contributed by atoms with Gasteiger partial charge in [0.05, 0.1) is 6.61 Å². The molecule has 2 aromatic rings. The van der Waals surface area contributed by atoms with Gasteiger partial charge < -0.3 is 14.6 Å². The van der Waals surface area contributed by atoms with Crippen LogP contribution in [0.1, 0.15) is 12.5 Å². The highest BCUT2D eigenvalue weighted by atomic mass is 16.5. The number of ether oxygens (including phenoxy) is 2. The van der Waals surface area contributed by atoms with Crippen molar-refractivity contribution in [3.63, 3.8) is 0 Å². The van der Waals surface area contributed by atoms with E-state index in [4.69, 9.17) is 9.47 Å². The van der Waals surface area contributed by atoms with Crippen LogP contribution in [0.5, 0.6) is 11.5 Å². The molecular formula is C19H23NO3. The van der Waals surface area contributed by atoms with Crippen molar-refractivity contribution in [1.82, 2.24) is 4.90 Å². The highest BCUT2D eigenvalue weighted by Crippen LogP contribution is 2.29. The summed E-state index contributed by atoms with van der Waals surface area (Å²) in [6.45, 7) is 4.69. The van der Waals surface area contributed by atoms with Gasteiger partial charge in [-0.25, -0.2) is 0 Å². The van der Waals surface area contributed by atoms with Gasteiger partial charge >= 0.3 is 0 Å². The number of hydrogen-bond acceptors (Lipinski definition) is 4. The average Bonchev–Trinajstić information content (AvgIpc) is 2.90. The van der Waals surface area contributed by atoms with Gasteiger partial charge in [0.2, 0.25) is 0 Å². The average molecular weight is 313 g/mol. The highest BCUT2D eigenvalue weighted by Gasteiger charge is 2.33. The number of likely N-dealkylation sites (tertiary alicyclic amines) is 1. The van der Waals surface area contributed by atoms with Gasteiger partial charge in [-0.05, 0) is 24.6 Å². The highest BCUT2D eigenvalue weighted by molar-refractivity contribution is 5.39. The van der Waals surface area contributed by atoms with Gasteiger partial charge in [-0.3, -0.25) is 4.90 Å². The maximum atomic E-state index is 10.3. The van der Waals surface area contributed by atoms with Crippen molar-refractivity contribution in [2.75, 3.05) is 19.7 Å². The van der Waals surface area contributed by atoms with Crippen LogP contribution >= 0.6 is 0 Å². The van der Waals surface area contributed by atoms with E-state index in [2.05, 4.69) is 17.0 Å². The molecule has 0 aromatic heterocycles. The summed E-state index contributed by atoms with van der Waals surface area (Å²) >= 11 is 0. The van der Waals surface area contributed by atoms with Crippen LogP contribution in [0.2, 0.25) is 0 Å². The molecule has 3 rings (SSSR count). The summed E-state index contributed by atoms with van der Waals surface area (Å²) in [5, 5.41) is 10.3. The summed E-state index contributed by atoms with van der Waals surface area (Å²) in [5.41, 5.74) is 1.25. The summed E-state index contributed by atoms with van der Waals surface area (Å²) in [6.07, 6.45) is -0.728. The molecule has 1 aliphatic rings. The lowest BCUT2D eigenvalue weighted by atomic mass is 10.2. The van der Waals surface area contributed by atoms with E-state index in [1.165, 1.54) is 5.56 Å². The van der Waals surface area contributed by atoms with Crippen molar-refractivity contribution in [2.24, 2.45) is 0 Å². The van der Waals surface area contributed by atoms with E-state index in [0.29, 0.717) is 25.4 Å². The predicted molar refractivity (Wildman–Crippen MR) is 89.8 cm³/mol. The van der Waals surface area contributed by atoms with E-state index >= 15 is 0 Å². The molecule has 0 bridgehead atoms. The van der Waals surface area contributed by atoms with Gasteiger partial charge in [0, 0.05) is 19.6 Å². The van der Waals surface area contributed by atoms with Gasteiger partial charge in [-0.2, -0.15) is 0 Å². The first-order chi connectivity index (χ1) is 11.3. The first-order valence-electron chi connectivity index (χ1n) is 8.09. The molecule has 0 radical (unpaired) electrons. The van der Waals surface area contributed by atoms with Gasteiger partial charge in [0.1, 0.15) is 12.2 Å². The zero-order chi connectivity index (χ0) is 16.1. The maximum Gasteiger partial charge on any atom is 0.161 e. The molecule has 0 aliphatic carbocycles. The van der Waals surface area contributed by atoms with Crippen molar-refractivity contribution >= 4 is 0 Å².